The van der Waals surface area contributed by atoms with Gasteiger partial charge < -0.3 is 9.47 Å². The van der Waals surface area contributed by atoms with Crippen LogP contribution in [0.5, 0.6) is 0 Å². The molecule has 0 aliphatic carbocycles. The Morgan fingerprint density at radius 3 is 2.46 bits per heavy atom. The molecule has 0 bridgehead atoms. The van der Waals surface area contributed by atoms with Crippen molar-refractivity contribution < 1.29 is 13.2 Å². The first-order chi connectivity index (χ1) is 12.3. The molecule has 0 aliphatic heterocycles. The van der Waals surface area contributed by atoms with Gasteiger partial charge in [0.15, 0.2) is 0 Å². The van der Waals surface area contributed by atoms with Gasteiger partial charge in [-0.2, -0.15) is 0 Å². The second-order valence-electron chi connectivity index (χ2n) is 6.06. The van der Waals surface area contributed by atoms with Crippen LogP contribution >= 0.6 is 11.6 Å². The maximum Gasteiger partial charge on any atom is 0.261 e. The number of benzene rings is 2. The van der Waals surface area contributed by atoms with Crippen molar-refractivity contribution in [2.45, 2.75) is 11.4 Å². The Morgan fingerprint density at radius 2 is 1.81 bits per heavy atom. The summed E-state index contributed by atoms with van der Waals surface area (Å²) in [4.78, 5) is 13.6. The molecule has 1 amide bonds. The highest BCUT2D eigenvalue weighted by molar-refractivity contribution is 7.92. The molecule has 3 rings (SSSR count). The van der Waals surface area contributed by atoms with E-state index in [9.17, 15) is 13.2 Å². The first-order valence-electron chi connectivity index (χ1n) is 7.84. The number of carbonyl (C=O) groups excluding carboxylic acids is 1. The van der Waals surface area contributed by atoms with E-state index < -0.39 is 10.0 Å². The molecule has 1 N–H and O–H groups in total. The van der Waals surface area contributed by atoms with Crippen LogP contribution in [0.1, 0.15) is 0 Å². The summed E-state index contributed by atoms with van der Waals surface area (Å²) < 4.78 is 29.3. The topological polar surface area (TPSA) is 71.4 Å². The molecule has 8 heteroatoms. The molecule has 1 heterocycles. The van der Waals surface area contributed by atoms with E-state index in [-0.39, 0.29) is 17.3 Å². The zero-order valence-corrected chi connectivity index (χ0v) is 15.9. The van der Waals surface area contributed by atoms with Gasteiger partial charge in [-0.1, -0.05) is 11.6 Å². The third-order valence-electron chi connectivity index (χ3n) is 3.95. The SMILES string of the molecule is CN(C)C(=O)Cn1ccc2cc(NS(=O)(=O)c3ccc(Cl)cc3)ccc21. The molecule has 0 atom stereocenters. The fourth-order valence-corrected chi connectivity index (χ4v) is 3.69. The third kappa shape index (κ3) is 3.84. The van der Waals surface area contributed by atoms with Gasteiger partial charge in [-0.05, 0) is 48.5 Å². The van der Waals surface area contributed by atoms with Crippen molar-refractivity contribution in [1.29, 1.82) is 0 Å². The van der Waals surface area contributed by atoms with Gasteiger partial charge in [-0.25, -0.2) is 8.42 Å². The Kier molecular flexibility index (Phi) is 4.93. The molecule has 0 spiro atoms. The second kappa shape index (κ2) is 7.01. The van der Waals surface area contributed by atoms with Crippen LogP contribution in [0.15, 0.2) is 59.6 Å². The smallest absolute Gasteiger partial charge is 0.261 e. The minimum atomic E-state index is -3.70. The van der Waals surface area contributed by atoms with Gasteiger partial charge in [-0.3, -0.25) is 9.52 Å². The Morgan fingerprint density at radius 1 is 1.12 bits per heavy atom. The van der Waals surface area contributed by atoms with Gasteiger partial charge in [0.05, 0.1) is 4.90 Å². The number of rotatable bonds is 5. The molecule has 0 saturated carbocycles. The lowest BCUT2D eigenvalue weighted by Gasteiger charge is -2.12. The zero-order valence-electron chi connectivity index (χ0n) is 14.3. The van der Waals surface area contributed by atoms with Crippen LogP contribution in [-0.2, 0) is 21.4 Å². The van der Waals surface area contributed by atoms with E-state index >= 15 is 0 Å². The van der Waals surface area contributed by atoms with Crippen LogP contribution in [0.25, 0.3) is 10.9 Å². The molecule has 2 aromatic carbocycles. The number of likely N-dealkylation sites (N-methyl/N-ethyl adjacent to an activating group) is 1. The summed E-state index contributed by atoms with van der Waals surface area (Å²) in [5.41, 5.74) is 1.30. The number of hydrogen-bond acceptors (Lipinski definition) is 3. The number of nitrogens with zero attached hydrogens (tertiary/aromatic N) is 2. The maximum absolute atomic E-state index is 12.5. The van der Waals surface area contributed by atoms with Crippen LogP contribution in [0, 0.1) is 0 Å². The first-order valence-corrected chi connectivity index (χ1v) is 9.70. The Hall–Kier alpha value is -2.51. The van der Waals surface area contributed by atoms with Crippen LogP contribution in [-0.4, -0.2) is 37.9 Å². The van der Waals surface area contributed by atoms with Gasteiger partial charge in [0.1, 0.15) is 6.54 Å². The number of amides is 1. The van der Waals surface area contributed by atoms with Crippen molar-refractivity contribution in [2.24, 2.45) is 0 Å². The highest BCUT2D eigenvalue weighted by Gasteiger charge is 2.15. The minimum absolute atomic E-state index is 0.0185. The predicted molar refractivity (Wildman–Crippen MR) is 103 cm³/mol. The largest absolute Gasteiger partial charge is 0.347 e. The summed E-state index contributed by atoms with van der Waals surface area (Å²) in [5.74, 6) is -0.0185. The molecule has 3 aromatic rings. The van der Waals surface area contributed by atoms with Gasteiger partial charge in [0.2, 0.25) is 5.91 Å². The van der Waals surface area contributed by atoms with E-state index in [0.717, 1.165) is 10.9 Å². The lowest BCUT2D eigenvalue weighted by atomic mass is 10.2. The Labute approximate surface area is 157 Å². The number of sulfonamides is 1. The Balaban J connectivity index is 1.86. The molecule has 1 aromatic heterocycles. The molecule has 26 heavy (non-hydrogen) atoms. The second-order valence-corrected chi connectivity index (χ2v) is 8.18. The standard InChI is InChI=1S/C18H18ClN3O3S/c1-21(2)18(23)12-22-10-9-13-11-15(5-8-17(13)22)20-26(24,25)16-6-3-14(19)4-7-16/h3-11,20H,12H2,1-2H3. The molecule has 0 unspecified atom stereocenters. The lowest BCUT2D eigenvalue weighted by Crippen LogP contribution is -2.25. The van der Waals surface area contributed by atoms with Crippen molar-refractivity contribution in [2.75, 3.05) is 18.8 Å². The van der Waals surface area contributed by atoms with Crippen molar-refractivity contribution in [1.82, 2.24) is 9.47 Å². The normalized spacial score (nSPS) is 11.5. The molecule has 0 aliphatic rings. The number of halogens is 1. The van der Waals surface area contributed by atoms with Crippen LogP contribution in [0.2, 0.25) is 5.02 Å². The molecule has 0 radical (unpaired) electrons. The van der Waals surface area contributed by atoms with E-state index in [4.69, 9.17) is 11.6 Å². The number of nitrogens with one attached hydrogen (secondary N) is 1. The van der Waals surface area contributed by atoms with Crippen molar-refractivity contribution in [3.8, 4) is 0 Å². The molecule has 0 saturated heterocycles. The third-order valence-corrected chi connectivity index (χ3v) is 5.60. The first kappa shape index (κ1) is 18.3. The Bertz CT molecular complexity index is 1060. The number of carbonyl (C=O) groups is 1. The highest BCUT2D eigenvalue weighted by atomic mass is 35.5. The van der Waals surface area contributed by atoms with Crippen molar-refractivity contribution in [3.63, 3.8) is 0 Å². The molecule has 136 valence electrons. The van der Waals surface area contributed by atoms with Crippen LogP contribution in [0.4, 0.5) is 5.69 Å². The number of fused-ring (bicyclic) bond motifs is 1. The monoisotopic (exact) mass is 391 g/mol. The van der Waals surface area contributed by atoms with Gasteiger partial charge in [-0.15, -0.1) is 0 Å². The summed E-state index contributed by atoms with van der Waals surface area (Å²) in [6, 6.07) is 13.0. The minimum Gasteiger partial charge on any atom is -0.347 e. The highest BCUT2D eigenvalue weighted by Crippen LogP contribution is 2.23. The van der Waals surface area contributed by atoms with E-state index in [1.165, 1.54) is 29.2 Å². The average molecular weight is 392 g/mol. The maximum atomic E-state index is 12.5. The number of hydrogen-bond donors (Lipinski definition) is 1. The molecular weight excluding hydrogens is 374 g/mol. The lowest BCUT2D eigenvalue weighted by molar-refractivity contribution is -0.129. The summed E-state index contributed by atoms with van der Waals surface area (Å²) in [6.45, 7) is 0.229. The number of anilines is 1. The summed E-state index contributed by atoms with van der Waals surface area (Å²) in [6.07, 6.45) is 1.81. The quantitative estimate of drug-likeness (QED) is 0.726. The molecule has 0 fully saturated rings. The number of aromatic nitrogens is 1. The fourth-order valence-electron chi connectivity index (χ4n) is 2.52. The van der Waals surface area contributed by atoms with Gasteiger partial charge >= 0.3 is 0 Å². The predicted octanol–water partition coefficient (Wildman–Crippen LogP) is 3.18. The van der Waals surface area contributed by atoms with Crippen molar-refractivity contribution >= 4 is 44.1 Å². The molecular formula is C18H18ClN3O3S. The van der Waals surface area contributed by atoms with E-state index in [2.05, 4.69) is 4.72 Å². The van der Waals surface area contributed by atoms with E-state index in [1.807, 2.05) is 16.8 Å². The van der Waals surface area contributed by atoms with Crippen LogP contribution < -0.4 is 4.72 Å². The van der Waals surface area contributed by atoms with E-state index in [1.54, 1.807) is 32.3 Å². The average Bonchev–Trinajstić information content (AvgIpc) is 2.97. The summed E-state index contributed by atoms with van der Waals surface area (Å²) in [5, 5.41) is 1.31. The van der Waals surface area contributed by atoms with E-state index in [0.29, 0.717) is 10.7 Å². The van der Waals surface area contributed by atoms with Crippen molar-refractivity contribution in [3.05, 3.63) is 59.8 Å². The van der Waals surface area contributed by atoms with Crippen LogP contribution in [0.3, 0.4) is 0 Å². The zero-order chi connectivity index (χ0) is 18.9. The summed E-state index contributed by atoms with van der Waals surface area (Å²) >= 11 is 5.80. The van der Waals surface area contributed by atoms with Gasteiger partial charge in [0, 0.05) is 41.9 Å². The molecule has 6 nitrogen and oxygen atoms in total. The fraction of sp³-hybridized carbons (Fsp3) is 0.167. The van der Waals surface area contributed by atoms with Gasteiger partial charge in [0.25, 0.3) is 10.0 Å². The summed E-state index contributed by atoms with van der Waals surface area (Å²) in [7, 11) is -0.286.